The first kappa shape index (κ1) is 97.7. The number of hydrogen-bond acceptors (Lipinski definition) is 0. The minimum absolute atomic E-state index is 0.00524. The summed E-state index contributed by atoms with van der Waals surface area (Å²) in [4.78, 5) is 7.85. The van der Waals surface area contributed by atoms with Gasteiger partial charge in [-0.05, 0) is 322 Å². The minimum atomic E-state index is -5.14. The molecule has 0 fully saturated rings. The summed E-state index contributed by atoms with van der Waals surface area (Å²) in [5, 5.41) is 5.26. The fraction of sp³-hybridized carbons (Fsp3) is 0.0984. The Morgan fingerprint density at radius 1 is 0.195 bits per heavy atom. The van der Waals surface area contributed by atoms with Gasteiger partial charge in [0.1, 0.15) is 0 Å². The van der Waals surface area contributed by atoms with Crippen LogP contribution in [0.25, 0.3) is 209 Å². The summed E-state index contributed by atoms with van der Waals surface area (Å²) in [5.74, 6) is 0. The van der Waals surface area contributed by atoms with E-state index in [4.69, 9.17) is 13.1 Å². The van der Waals surface area contributed by atoms with Crippen molar-refractivity contribution in [3.05, 3.63) is 441 Å². The van der Waals surface area contributed by atoms with Crippen molar-refractivity contribution in [1.82, 2.24) is 18.3 Å². The Morgan fingerprint density at radius 3 is 0.879 bits per heavy atom. The molecule has 22 rings (SSSR count). The van der Waals surface area contributed by atoms with Gasteiger partial charge in [-0.25, -0.2) is 9.69 Å². The van der Waals surface area contributed by atoms with Gasteiger partial charge in [-0.15, -0.1) is 0 Å². The number of alkyl halides is 21. The monoisotopic (exact) mass is 2020 g/mol. The molecule has 0 bridgehead atoms. The summed E-state index contributed by atoms with van der Waals surface area (Å²) in [5.41, 5.74) is 5.61. The highest BCUT2D eigenvalue weighted by Crippen LogP contribution is 2.54. The second kappa shape index (κ2) is 36.1. The summed E-state index contributed by atoms with van der Waals surface area (Å²) >= 11 is 0. The molecule has 0 amide bonds. The highest BCUT2D eigenvalue weighted by molar-refractivity contribution is 6.16. The quantitative estimate of drug-likeness (QED) is 0.0862. The smallest absolute Gasteiger partial charge is 0.309 e. The van der Waals surface area contributed by atoms with Crippen molar-refractivity contribution in [2.45, 2.75) is 77.9 Å². The topological polar surface area (TPSA) is 28.4 Å². The van der Waals surface area contributed by atoms with Gasteiger partial charge in [-0.1, -0.05) is 181 Å². The van der Waals surface area contributed by atoms with Gasteiger partial charge in [-0.2, -0.15) is 92.2 Å². The van der Waals surface area contributed by atoms with Crippen LogP contribution in [0, 0.1) is 47.8 Å². The number of aryl methyl sites for hydroxylation is 5. The number of para-hydroxylation sites is 4. The lowest BCUT2D eigenvalue weighted by atomic mass is 9.91. The average molecular weight is 2020 g/mol. The Bertz CT molecular complexity index is 9390. The zero-order valence-electron chi connectivity index (χ0n) is 78.6. The number of nitrogens with zero attached hydrogens (tertiary/aromatic N) is 6. The third kappa shape index (κ3) is 17.6. The Morgan fingerprint density at radius 2 is 0.517 bits per heavy atom. The second-order valence-electron chi connectivity index (χ2n) is 36.9. The van der Waals surface area contributed by atoms with Crippen LogP contribution in [0.2, 0.25) is 0 Å². The fourth-order valence-corrected chi connectivity index (χ4v) is 21.0. The predicted molar refractivity (Wildman–Crippen MR) is 545 cm³/mol. The van der Waals surface area contributed by atoms with Crippen molar-refractivity contribution in [2.24, 2.45) is 0 Å². The SMILES string of the molecule is [C-]#[N+]c1ccc(-n2c3ccccc3c3cc(-c4cc(C)cc(C(F)(F)F)c4)ccc32)cc1-c1cc(-c2c(C)cccc2C(F)(F)F)ccc1-n1c2ccccc2c2cc(-c3cc(C)cc(C(F)(F)F)c3)ccc21.[C-]#[N+]c1ccc(-n2c3ccccc3c3cc(-c4ccc(C(F)(F)F)cc4C(F)(F)F)ccc32)cc1-c1cc(-c2c(C)cccc2C(F)(F)F)ccc1-n1c2ccccc2c2cc(-c3ccc(C)cc3C(F)(F)F)ccc21. The maximum Gasteiger partial charge on any atom is 0.417 e. The van der Waals surface area contributed by atoms with Crippen LogP contribution in [0.1, 0.15) is 66.8 Å². The van der Waals surface area contributed by atoms with Crippen LogP contribution in [-0.4, -0.2) is 18.3 Å². The van der Waals surface area contributed by atoms with Gasteiger partial charge < -0.3 is 18.3 Å². The van der Waals surface area contributed by atoms with Gasteiger partial charge in [0, 0.05) is 54.5 Å². The predicted octanol–water partition coefficient (Wildman–Crippen LogP) is 38.9. The van der Waals surface area contributed by atoms with E-state index >= 15 is 0 Å². The second-order valence-corrected chi connectivity index (χ2v) is 36.9. The van der Waals surface area contributed by atoms with E-state index in [1.165, 1.54) is 30.3 Å². The van der Waals surface area contributed by atoms with Gasteiger partial charge in [0.15, 0.2) is 11.4 Å². The van der Waals surface area contributed by atoms with E-state index in [-0.39, 0.29) is 56.4 Å². The summed E-state index contributed by atoms with van der Waals surface area (Å²) < 4.78 is 309. The summed E-state index contributed by atoms with van der Waals surface area (Å²) in [6.07, 6.45) is -33.4. The van der Waals surface area contributed by atoms with E-state index in [1.807, 2.05) is 105 Å². The van der Waals surface area contributed by atoms with E-state index < -0.39 is 87.7 Å². The van der Waals surface area contributed by atoms with Crippen LogP contribution < -0.4 is 0 Å². The molecule has 27 heteroatoms. The largest absolute Gasteiger partial charge is 0.417 e. The number of rotatable bonds is 12. The zero-order chi connectivity index (χ0) is 105. The van der Waals surface area contributed by atoms with Gasteiger partial charge in [0.05, 0.1) is 108 Å². The average Bonchev–Trinajstić information content (AvgIpc) is 1.59. The van der Waals surface area contributed by atoms with Crippen molar-refractivity contribution in [3.63, 3.8) is 0 Å². The van der Waals surface area contributed by atoms with Crippen LogP contribution in [0.5, 0.6) is 0 Å². The third-order valence-electron chi connectivity index (χ3n) is 27.4. The summed E-state index contributed by atoms with van der Waals surface area (Å²) in [6, 6.07) is 90.8. The molecule has 149 heavy (non-hydrogen) atoms. The van der Waals surface area contributed by atoms with Crippen LogP contribution in [0.4, 0.5) is 104 Å². The van der Waals surface area contributed by atoms with E-state index in [1.54, 1.807) is 209 Å². The first-order chi connectivity index (χ1) is 70.8. The van der Waals surface area contributed by atoms with Crippen LogP contribution in [0.3, 0.4) is 0 Å². The molecule has 4 heterocycles. The van der Waals surface area contributed by atoms with Crippen LogP contribution in [-0.2, 0) is 43.2 Å². The molecule has 22 aromatic rings. The molecule has 0 atom stereocenters. The van der Waals surface area contributed by atoms with Crippen molar-refractivity contribution in [2.75, 3.05) is 0 Å². The van der Waals surface area contributed by atoms with E-state index in [0.29, 0.717) is 167 Å². The standard InChI is InChI=1S/C61H35F12N3.C61H38F9N3/c1-33-15-21-40(49(27-33)60(68,69)70)35-17-25-55-46(29-35)43-11-5-7-14-53(43)76(55)56-26-18-37(57-34(2)9-8-12-48(57)59(65,66)67)30-47(56)44-32-39(20-23-51(44)74-3)75-52-13-6-4-10-42(52)45-28-36(16-24-54(45)75)41-22-19-38(58(62,63)64)31-50(41)61(71,72)73;1-34-24-40(28-42(26-34)59(62,63)64)37-16-21-55-48(30-37)45-11-5-7-14-53(45)72(55)44-19-20-52(71-4)47(33-44)50-32-39(58-36(3)10-9-13-51(58)61(68,69)70)18-23-57(50)73-54-15-8-6-12-46(54)49-31-38(17-22-56(49)73)41-25-35(2)27-43(29-41)60(65,66)67/h4-32H,1-2H3;5-33H,1-3H3. The molecule has 18 aromatic carbocycles. The number of hydrogen-bond donors (Lipinski definition) is 0. The number of benzene rings is 18. The molecule has 0 unspecified atom stereocenters. The van der Waals surface area contributed by atoms with Gasteiger partial charge in [-0.3, -0.25) is 0 Å². The zero-order valence-corrected chi connectivity index (χ0v) is 78.6. The highest BCUT2D eigenvalue weighted by Gasteiger charge is 2.42. The molecule has 0 saturated heterocycles. The Labute approximate surface area is 835 Å². The highest BCUT2D eigenvalue weighted by atomic mass is 19.4. The lowest BCUT2D eigenvalue weighted by Crippen LogP contribution is -2.12. The van der Waals surface area contributed by atoms with Crippen LogP contribution in [0.15, 0.2) is 352 Å². The molecule has 6 nitrogen and oxygen atoms in total. The van der Waals surface area contributed by atoms with Gasteiger partial charge in [0.25, 0.3) is 0 Å². The molecule has 738 valence electrons. The van der Waals surface area contributed by atoms with Crippen molar-refractivity contribution in [1.29, 1.82) is 0 Å². The lowest BCUT2D eigenvalue weighted by molar-refractivity contribution is -0.143. The summed E-state index contributed by atoms with van der Waals surface area (Å²) in [6.45, 7) is 24.9. The molecule has 0 radical (unpaired) electrons. The molecule has 0 aliphatic heterocycles. The van der Waals surface area contributed by atoms with Crippen LogP contribution >= 0.6 is 0 Å². The Kier molecular flexibility index (Phi) is 23.7. The Balaban J connectivity index is 0.000000174. The Hall–Kier alpha value is -17.3. The molecule has 0 N–H and O–H groups in total. The first-order valence-corrected chi connectivity index (χ1v) is 46.4. The van der Waals surface area contributed by atoms with E-state index in [2.05, 4.69) is 9.69 Å². The number of fused-ring (bicyclic) bond motifs is 12. The maximum absolute atomic E-state index is 14.9. The molecule has 0 spiro atoms. The normalized spacial score (nSPS) is 12.5. The fourth-order valence-electron chi connectivity index (χ4n) is 21.0. The lowest BCUT2D eigenvalue weighted by Gasteiger charge is -2.20. The summed E-state index contributed by atoms with van der Waals surface area (Å²) in [7, 11) is 0. The van der Waals surface area contributed by atoms with Crippen molar-refractivity contribution in [3.8, 4) is 112 Å². The molecule has 0 aliphatic carbocycles. The molecular formula is C122H73F21N6. The molecular weight excluding hydrogens is 1950 g/mol. The first-order valence-electron chi connectivity index (χ1n) is 46.4. The maximum atomic E-state index is 14.9. The third-order valence-corrected chi connectivity index (χ3v) is 27.4. The van der Waals surface area contributed by atoms with Crippen molar-refractivity contribution < 1.29 is 92.2 Å². The van der Waals surface area contributed by atoms with E-state index in [9.17, 15) is 92.2 Å². The minimum Gasteiger partial charge on any atom is -0.309 e. The molecule has 0 saturated carbocycles. The molecule has 4 aromatic heterocycles. The number of aromatic nitrogens is 4. The van der Waals surface area contributed by atoms with E-state index in [0.717, 1.165) is 70.2 Å². The molecule has 0 aliphatic rings. The van der Waals surface area contributed by atoms with Crippen molar-refractivity contribution >= 4 is 98.6 Å². The van der Waals surface area contributed by atoms with Gasteiger partial charge >= 0.3 is 43.2 Å². The van der Waals surface area contributed by atoms with Gasteiger partial charge in [0.2, 0.25) is 0 Å². The number of halogens is 21.